The van der Waals surface area contributed by atoms with Gasteiger partial charge in [-0.3, -0.25) is 4.99 Å². The molecule has 1 aliphatic carbocycles. The zero-order valence-electron chi connectivity index (χ0n) is 17.2. The van der Waals surface area contributed by atoms with Crippen LogP contribution < -0.4 is 10.6 Å². The van der Waals surface area contributed by atoms with Gasteiger partial charge in [-0.05, 0) is 57.8 Å². The maximum Gasteiger partial charge on any atom is 0.191 e. The Labute approximate surface area is 164 Å². The molecule has 4 unspecified atom stereocenters. The minimum absolute atomic E-state index is 0.112. The Hall–Kier alpha value is -0.820. The first-order valence-corrected chi connectivity index (χ1v) is 12.5. The van der Waals surface area contributed by atoms with Crippen LogP contribution in [0.5, 0.6) is 0 Å². The largest absolute Gasteiger partial charge is 0.375 e. The molecule has 0 aromatic heterocycles. The van der Waals surface area contributed by atoms with Crippen molar-refractivity contribution in [3.63, 3.8) is 0 Å². The van der Waals surface area contributed by atoms with Gasteiger partial charge in [-0.1, -0.05) is 19.8 Å². The molecule has 3 rings (SSSR count). The number of hydrogen-bond acceptors (Lipinski definition) is 4. The van der Waals surface area contributed by atoms with Crippen LogP contribution in [0.15, 0.2) is 4.99 Å². The molecule has 3 aliphatic rings. The summed E-state index contributed by atoms with van der Waals surface area (Å²) in [6.45, 7) is 7.94. The molecule has 0 aromatic rings. The summed E-state index contributed by atoms with van der Waals surface area (Å²) in [5.41, 5.74) is -0.112. The van der Waals surface area contributed by atoms with Gasteiger partial charge < -0.3 is 15.4 Å². The zero-order chi connectivity index (χ0) is 19.5. The average Bonchev–Trinajstić information content (AvgIpc) is 2.93. The van der Waals surface area contributed by atoms with Gasteiger partial charge in [-0.15, -0.1) is 0 Å². The van der Waals surface area contributed by atoms with Crippen molar-refractivity contribution in [3.05, 3.63) is 0 Å². The van der Waals surface area contributed by atoms with E-state index >= 15 is 0 Å². The molecule has 2 N–H and O–H groups in total. The molecule has 7 heteroatoms. The van der Waals surface area contributed by atoms with Crippen molar-refractivity contribution in [2.45, 2.75) is 83.4 Å². The highest BCUT2D eigenvalue weighted by molar-refractivity contribution is 7.91. The van der Waals surface area contributed by atoms with Crippen molar-refractivity contribution in [1.29, 1.82) is 0 Å². The zero-order valence-corrected chi connectivity index (χ0v) is 18.0. The Kier molecular flexibility index (Phi) is 6.72. The van der Waals surface area contributed by atoms with Crippen molar-refractivity contribution in [3.8, 4) is 0 Å². The van der Waals surface area contributed by atoms with Crippen LogP contribution in [0.2, 0.25) is 0 Å². The number of hydrogen-bond donors (Lipinski definition) is 2. The first-order valence-electron chi connectivity index (χ1n) is 10.6. The van der Waals surface area contributed by atoms with E-state index in [4.69, 9.17) is 9.73 Å². The summed E-state index contributed by atoms with van der Waals surface area (Å²) < 4.78 is 29.3. The molecule has 2 aliphatic heterocycles. The minimum Gasteiger partial charge on any atom is -0.375 e. The van der Waals surface area contributed by atoms with Crippen LogP contribution in [0, 0.1) is 11.8 Å². The molecule has 4 atom stereocenters. The molecule has 2 heterocycles. The average molecular weight is 400 g/mol. The molecule has 6 nitrogen and oxygen atoms in total. The Morgan fingerprint density at radius 1 is 1.15 bits per heavy atom. The molecule has 1 saturated carbocycles. The summed E-state index contributed by atoms with van der Waals surface area (Å²) in [6, 6.07) is 0.788. The Balaban J connectivity index is 1.65. The topological polar surface area (TPSA) is 79.8 Å². The van der Waals surface area contributed by atoms with Crippen molar-refractivity contribution in [2.24, 2.45) is 16.8 Å². The van der Waals surface area contributed by atoms with E-state index in [9.17, 15) is 8.42 Å². The maximum atomic E-state index is 11.7. The van der Waals surface area contributed by atoms with Gasteiger partial charge in [0.2, 0.25) is 0 Å². The second-order valence-corrected chi connectivity index (χ2v) is 11.6. The summed E-state index contributed by atoms with van der Waals surface area (Å²) in [4.78, 5) is 4.83. The second-order valence-electron chi connectivity index (χ2n) is 9.41. The number of sulfone groups is 1. The number of guanidine groups is 1. The monoisotopic (exact) mass is 399 g/mol. The van der Waals surface area contributed by atoms with E-state index in [2.05, 4.69) is 31.4 Å². The highest BCUT2D eigenvalue weighted by Gasteiger charge is 2.31. The summed E-state index contributed by atoms with van der Waals surface area (Å²) in [6.07, 6.45) is 7.68. The summed E-state index contributed by atoms with van der Waals surface area (Å²) in [5, 5.41) is 7.31. The van der Waals surface area contributed by atoms with Crippen LogP contribution in [-0.2, 0) is 14.6 Å². The Morgan fingerprint density at radius 2 is 1.93 bits per heavy atom. The van der Waals surface area contributed by atoms with E-state index in [0.717, 1.165) is 31.8 Å². The van der Waals surface area contributed by atoms with E-state index in [1.54, 1.807) is 0 Å². The molecular weight excluding hydrogens is 362 g/mol. The van der Waals surface area contributed by atoms with Crippen LogP contribution >= 0.6 is 0 Å². The molecule has 0 bridgehead atoms. The van der Waals surface area contributed by atoms with Crippen molar-refractivity contribution >= 4 is 15.8 Å². The minimum atomic E-state index is -2.85. The van der Waals surface area contributed by atoms with Gasteiger partial charge in [-0.25, -0.2) is 8.42 Å². The highest BCUT2D eigenvalue weighted by atomic mass is 32.2. The van der Waals surface area contributed by atoms with Gasteiger partial charge in [0, 0.05) is 25.2 Å². The lowest BCUT2D eigenvalue weighted by atomic mass is 9.86. The molecule has 0 spiro atoms. The van der Waals surface area contributed by atoms with Gasteiger partial charge >= 0.3 is 0 Å². The lowest BCUT2D eigenvalue weighted by molar-refractivity contribution is -0.0606. The van der Waals surface area contributed by atoms with Crippen molar-refractivity contribution in [2.75, 3.05) is 24.7 Å². The van der Waals surface area contributed by atoms with E-state index in [1.165, 1.54) is 25.7 Å². The second kappa shape index (κ2) is 8.68. The third-order valence-electron chi connectivity index (χ3n) is 6.31. The fourth-order valence-corrected chi connectivity index (χ4v) is 6.47. The standard InChI is InChI=1S/C20H37N3O3S/c1-15-6-4-5-7-18(15)23-19(21-13-16-9-11-27(24,25)14-16)22-17-8-10-26-20(2,3)12-17/h15-18H,4-14H2,1-3H3,(H2,21,22,23). The first-order chi connectivity index (χ1) is 12.7. The SMILES string of the molecule is CC1CCCCC1NC(=NCC1CCS(=O)(=O)C1)NC1CCOC(C)(C)C1. The molecule has 3 fully saturated rings. The quantitative estimate of drug-likeness (QED) is 0.561. The van der Waals surface area contributed by atoms with E-state index in [1.807, 2.05) is 0 Å². The number of nitrogens with one attached hydrogen (secondary N) is 2. The molecule has 0 amide bonds. The lowest BCUT2D eigenvalue weighted by Gasteiger charge is -2.37. The number of rotatable bonds is 4. The summed E-state index contributed by atoms with van der Waals surface area (Å²) in [7, 11) is -2.85. The van der Waals surface area contributed by atoms with Crippen molar-refractivity contribution in [1.82, 2.24) is 10.6 Å². The fraction of sp³-hybridized carbons (Fsp3) is 0.950. The molecule has 0 radical (unpaired) electrons. The fourth-order valence-electron chi connectivity index (χ4n) is 4.62. The molecule has 27 heavy (non-hydrogen) atoms. The predicted molar refractivity (Wildman–Crippen MR) is 110 cm³/mol. The normalized spacial score (nSPS) is 36.3. The van der Waals surface area contributed by atoms with Crippen LogP contribution in [0.4, 0.5) is 0 Å². The third-order valence-corrected chi connectivity index (χ3v) is 8.14. The van der Waals surface area contributed by atoms with Gasteiger partial charge in [0.1, 0.15) is 0 Å². The third kappa shape index (κ3) is 6.34. The lowest BCUT2D eigenvalue weighted by Crippen LogP contribution is -2.53. The number of nitrogens with zero attached hydrogens (tertiary/aromatic N) is 1. The molecule has 156 valence electrons. The Morgan fingerprint density at radius 3 is 2.59 bits per heavy atom. The van der Waals surface area contributed by atoms with Gasteiger partial charge in [0.15, 0.2) is 15.8 Å². The van der Waals surface area contributed by atoms with Crippen LogP contribution in [0.25, 0.3) is 0 Å². The smallest absolute Gasteiger partial charge is 0.191 e. The van der Waals surface area contributed by atoms with E-state index < -0.39 is 9.84 Å². The van der Waals surface area contributed by atoms with Gasteiger partial charge in [0.25, 0.3) is 0 Å². The first kappa shape index (κ1) is 20.9. The van der Waals surface area contributed by atoms with E-state index in [0.29, 0.717) is 30.3 Å². The summed E-state index contributed by atoms with van der Waals surface area (Å²) >= 11 is 0. The van der Waals surface area contributed by atoms with Crippen LogP contribution in [-0.4, -0.2) is 56.7 Å². The van der Waals surface area contributed by atoms with E-state index in [-0.39, 0.29) is 17.3 Å². The summed E-state index contributed by atoms with van der Waals surface area (Å²) in [5.74, 6) is 2.26. The van der Waals surface area contributed by atoms with Gasteiger partial charge in [0.05, 0.1) is 17.1 Å². The predicted octanol–water partition coefficient (Wildman–Crippen LogP) is 2.49. The maximum absolute atomic E-state index is 11.7. The Bertz CT molecular complexity index is 632. The van der Waals surface area contributed by atoms with Crippen LogP contribution in [0.1, 0.15) is 65.7 Å². The molecular formula is C20H37N3O3S. The number of ether oxygens (including phenoxy) is 1. The highest BCUT2D eigenvalue weighted by Crippen LogP contribution is 2.26. The molecule has 0 aromatic carbocycles. The van der Waals surface area contributed by atoms with Crippen molar-refractivity contribution < 1.29 is 13.2 Å². The molecule has 2 saturated heterocycles. The van der Waals surface area contributed by atoms with Gasteiger partial charge in [-0.2, -0.15) is 0 Å². The number of aliphatic imine (C=N–C) groups is 1. The van der Waals surface area contributed by atoms with Crippen LogP contribution in [0.3, 0.4) is 0 Å².